The van der Waals surface area contributed by atoms with Crippen molar-refractivity contribution in [1.29, 1.82) is 0 Å². The van der Waals surface area contributed by atoms with E-state index >= 15 is 0 Å². The smallest absolute Gasteiger partial charge is 0.131 e. The summed E-state index contributed by atoms with van der Waals surface area (Å²) in [6.07, 6.45) is 1.14. The lowest BCUT2D eigenvalue weighted by atomic mass is 10.1. The van der Waals surface area contributed by atoms with Crippen LogP contribution in [0, 0.1) is 13.8 Å². The Morgan fingerprint density at radius 1 is 1.00 bits per heavy atom. The third-order valence-corrected chi connectivity index (χ3v) is 3.61. The van der Waals surface area contributed by atoms with Gasteiger partial charge in [-0.1, -0.05) is 36.7 Å². The van der Waals surface area contributed by atoms with Crippen molar-refractivity contribution in [3.8, 4) is 11.5 Å². The van der Waals surface area contributed by atoms with E-state index in [-0.39, 0.29) is 0 Å². The van der Waals surface area contributed by atoms with E-state index in [1.807, 2.05) is 25.1 Å². The van der Waals surface area contributed by atoms with Gasteiger partial charge in [0.2, 0.25) is 0 Å². The molecule has 3 heteroatoms. The fourth-order valence-corrected chi connectivity index (χ4v) is 2.24. The second kappa shape index (κ2) is 7.48. The van der Waals surface area contributed by atoms with Gasteiger partial charge in [0.1, 0.15) is 11.5 Å². The van der Waals surface area contributed by atoms with Crippen LogP contribution >= 0.6 is 11.6 Å². The molecule has 21 heavy (non-hydrogen) atoms. The molecule has 0 heterocycles. The summed E-state index contributed by atoms with van der Waals surface area (Å²) in [6.45, 7) is 8.13. The highest BCUT2D eigenvalue weighted by Crippen LogP contribution is 2.30. The van der Waals surface area contributed by atoms with Crippen LogP contribution in [0.2, 0.25) is 5.02 Å². The van der Waals surface area contributed by atoms with Crippen molar-refractivity contribution in [3.63, 3.8) is 0 Å². The van der Waals surface area contributed by atoms with Gasteiger partial charge in [-0.3, -0.25) is 0 Å². The molecule has 0 saturated heterocycles. The van der Waals surface area contributed by atoms with Gasteiger partial charge in [-0.15, -0.1) is 0 Å². The van der Waals surface area contributed by atoms with Gasteiger partial charge < -0.3 is 10.1 Å². The number of rotatable bonds is 6. The van der Waals surface area contributed by atoms with Crippen LogP contribution < -0.4 is 10.1 Å². The number of hydrogen-bond acceptors (Lipinski definition) is 2. The van der Waals surface area contributed by atoms with Crippen LogP contribution in [0.5, 0.6) is 11.5 Å². The average molecular weight is 304 g/mol. The van der Waals surface area contributed by atoms with Crippen molar-refractivity contribution in [1.82, 2.24) is 5.32 Å². The molecule has 0 aliphatic heterocycles. The van der Waals surface area contributed by atoms with Crippen LogP contribution in [-0.2, 0) is 6.54 Å². The molecule has 112 valence electrons. The molecule has 2 aromatic rings. The second-order valence-corrected chi connectivity index (χ2v) is 5.72. The second-order valence-electron chi connectivity index (χ2n) is 5.29. The Balaban J connectivity index is 2.18. The summed E-state index contributed by atoms with van der Waals surface area (Å²) in [5.74, 6) is 1.69. The fraction of sp³-hybridized carbons (Fsp3) is 0.333. The van der Waals surface area contributed by atoms with Crippen LogP contribution in [0.25, 0.3) is 0 Å². The highest BCUT2D eigenvalue weighted by atomic mass is 35.5. The number of halogens is 1. The van der Waals surface area contributed by atoms with Gasteiger partial charge >= 0.3 is 0 Å². The highest BCUT2D eigenvalue weighted by molar-refractivity contribution is 6.30. The van der Waals surface area contributed by atoms with Crippen LogP contribution in [0.4, 0.5) is 0 Å². The maximum Gasteiger partial charge on any atom is 0.131 e. The average Bonchev–Trinajstić information content (AvgIpc) is 2.46. The molecule has 0 aromatic heterocycles. The molecular formula is C18H22ClNO. The third kappa shape index (κ3) is 4.48. The number of benzene rings is 2. The lowest BCUT2D eigenvalue weighted by Gasteiger charge is -2.13. The standard InChI is InChI=1S/C18H22ClNO/c1-4-9-20-12-15-7-5-13(2)17(10-15)21-18-11-16(19)8-6-14(18)3/h5-8,10-11,20H,4,9,12H2,1-3H3. The van der Waals surface area contributed by atoms with Gasteiger partial charge in [-0.2, -0.15) is 0 Å². The molecule has 0 saturated carbocycles. The van der Waals surface area contributed by atoms with E-state index in [0.717, 1.165) is 42.1 Å². The fourth-order valence-electron chi connectivity index (χ4n) is 2.08. The lowest BCUT2D eigenvalue weighted by molar-refractivity contribution is 0.474. The molecule has 2 rings (SSSR count). The summed E-state index contributed by atoms with van der Waals surface area (Å²) in [5, 5.41) is 4.09. The van der Waals surface area contributed by atoms with Crippen molar-refractivity contribution in [2.75, 3.05) is 6.54 Å². The van der Waals surface area contributed by atoms with E-state index in [0.29, 0.717) is 5.02 Å². The Morgan fingerprint density at radius 3 is 2.38 bits per heavy atom. The van der Waals surface area contributed by atoms with E-state index in [1.54, 1.807) is 0 Å². The van der Waals surface area contributed by atoms with Crippen molar-refractivity contribution >= 4 is 11.6 Å². The van der Waals surface area contributed by atoms with Crippen molar-refractivity contribution in [2.24, 2.45) is 0 Å². The molecule has 0 atom stereocenters. The van der Waals surface area contributed by atoms with Crippen LogP contribution in [0.1, 0.15) is 30.0 Å². The zero-order chi connectivity index (χ0) is 15.2. The van der Waals surface area contributed by atoms with Crippen molar-refractivity contribution < 1.29 is 4.74 Å². The van der Waals surface area contributed by atoms with E-state index in [2.05, 4.69) is 37.4 Å². The molecule has 0 fully saturated rings. The summed E-state index contributed by atoms with van der Waals surface area (Å²) >= 11 is 6.05. The van der Waals surface area contributed by atoms with Crippen LogP contribution in [0.15, 0.2) is 36.4 Å². The minimum atomic E-state index is 0.689. The maximum absolute atomic E-state index is 6.06. The summed E-state index contributed by atoms with van der Waals surface area (Å²) in [4.78, 5) is 0. The first-order valence-electron chi connectivity index (χ1n) is 7.34. The topological polar surface area (TPSA) is 21.3 Å². The van der Waals surface area contributed by atoms with Gasteiger partial charge in [0.15, 0.2) is 0 Å². The molecule has 1 N–H and O–H groups in total. The van der Waals surface area contributed by atoms with E-state index in [1.165, 1.54) is 5.56 Å². The van der Waals surface area contributed by atoms with E-state index in [4.69, 9.17) is 16.3 Å². The van der Waals surface area contributed by atoms with E-state index in [9.17, 15) is 0 Å². The monoisotopic (exact) mass is 303 g/mol. The first kappa shape index (κ1) is 15.9. The number of hydrogen-bond donors (Lipinski definition) is 1. The molecule has 2 aromatic carbocycles. The number of ether oxygens (including phenoxy) is 1. The Bertz CT molecular complexity index is 610. The molecule has 2 nitrogen and oxygen atoms in total. The van der Waals surface area contributed by atoms with Gasteiger partial charge in [0, 0.05) is 11.6 Å². The molecule has 0 aliphatic rings. The molecule has 0 radical (unpaired) electrons. The number of nitrogens with one attached hydrogen (secondary N) is 1. The lowest BCUT2D eigenvalue weighted by Crippen LogP contribution is -2.13. The third-order valence-electron chi connectivity index (χ3n) is 3.38. The SMILES string of the molecule is CCCNCc1ccc(C)c(Oc2cc(Cl)ccc2C)c1. The summed E-state index contributed by atoms with van der Waals surface area (Å²) < 4.78 is 6.06. The molecule has 0 unspecified atom stereocenters. The van der Waals surface area contributed by atoms with E-state index < -0.39 is 0 Å². The quantitative estimate of drug-likeness (QED) is 0.736. The Labute approximate surface area is 132 Å². The predicted octanol–water partition coefficient (Wildman–Crippen LogP) is 5.25. The zero-order valence-corrected chi connectivity index (χ0v) is 13.6. The van der Waals surface area contributed by atoms with Gasteiger partial charge in [-0.25, -0.2) is 0 Å². The molecule has 0 spiro atoms. The van der Waals surface area contributed by atoms with Crippen LogP contribution in [0.3, 0.4) is 0 Å². The van der Waals surface area contributed by atoms with Gasteiger partial charge in [0.25, 0.3) is 0 Å². The van der Waals surface area contributed by atoms with Crippen LogP contribution in [-0.4, -0.2) is 6.54 Å². The highest BCUT2D eigenvalue weighted by Gasteiger charge is 2.06. The largest absolute Gasteiger partial charge is 0.457 e. The molecule has 0 bridgehead atoms. The molecule has 0 aliphatic carbocycles. The Kier molecular flexibility index (Phi) is 5.66. The zero-order valence-electron chi connectivity index (χ0n) is 12.9. The Hall–Kier alpha value is -1.51. The minimum Gasteiger partial charge on any atom is -0.457 e. The first-order chi connectivity index (χ1) is 10.1. The normalized spacial score (nSPS) is 10.7. The molecule has 0 amide bonds. The van der Waals surface area contributed by atoms with Gasteiger partial charge in [-0.05, 0) is 61.7 Å². The summed E-state index contributed by atoms with van der Waals surface area (Å²) in [6, 6.07) is 12.0. The van der Waals surface area contributed by atoms with Gasteiger partial charge in [0.05, 0.1) is 0 Å². The summed E-state index contributed by atoms with van der Waals surface area (Å²) in [7, 11) is 0. The summed E-state index contributed by atoms with van der Waals surface area (Å²) in [5.41, 5.74) is 3.42. The maximum atomic E-state index is 6.06. The van der Waals surface area contributed by atoms with Crippen molar-refractivity contribution in [2.45, 2.75) is 33.7 Å². The predicted molar refractivity (Wildman–Crippen MR) is 89.4 cm³/mol. The van der Waals surface area contributed by atoms with Crippen molar-refractivity contribution in [3.05, 3.63) is 58.1 Å². The molecular weight excluding hydrogens is 282 g/mol. The minimum absolute atomic E-state index is 0.689. The number of aryl methyl sites for hydroxylation is 2. The first-order valence-corrected chi connectivity index (χ1v) is 7.72. The Morgan fingerprint density at radius 2 is 1.67 bits per heavy atom.